The van der Waals surface area contributed by atoms with E-state index in [1.54, 1.807) is 11.0 Å². The molecule has 1 atom stereocenters. The number of hydrogen-bond acceptors (Lipinski definition) is 3. The molecule has 2 fully saturated rings. The summed E-state index contributed by atoms with van der Waals surface area (Å²) in [4.78, 5) is 30.8. The van der Waals surface area contributed by atoms with Crippen molar-refractivity contribution in [1.29, 1.82) is 0 Å². The largest absolute Gasteiger partial charge is 0.356 e. The second-order valence-corrected chi connectivity index (χ2v) is 6.44. The Balaban J connectivity index is 1.59. The zero-order valence-electron chi connectivity index (χ0n) is 13.0. The molecule has 2 aliphatic rings. The summed E-state index contributed by atoms with van der Waals surface area (Å²) < 4.78 is 0. The maximum absolute atomic E-state index is 12.5. The highest BCUT2D eigenvalue weighted by atomic mass is 16.2. The summed E-state index contributed by atoms with van der Waals surface area (Å²) in [7, 11) is 0. The van der Waals surface area contributed by atoms with Gasteiger partial charge in [0, 0.05) is 25.3 Å². The van der Waals surface area contributed by atoms with Crippen molar-refractivity contribution in [2.45, 2.75) is 32.6 Å². The van der Waals surface area contributed by atoms with Crippen LogP contribution in [-0.2, 0) is 4.79 Å². The topological polar surface area (TPSA) is 62.3 Å². The molecule has 5 nitrogen and oxygen atoms in total. The van der Waals surface area contributed by atoms with E-state index in [0.29, 0.717) is 24.7 Å². The summed E-state index contributed by atoms with van der Waals surface area (Å²) in [6.45, 7) is 3.88. The average Bonchev–Trinajstić information content (AvgIpc) is 3.36. The number of carbonyl (C=O) groups excluding carboxylic acids is 2. The maximum Gasteiger partial charge on any atom is 0.272 e. The van der Waals surface area contributed by atoms with E-state index < -0.39 is 0 Å². The first-order valence-electron chi connectivity index (χ1n) is 8.14. The molecule has 3 rings (SSSR count). The number of piperidine rings is 1. The summed E-state index contributed by atoms with van der Waals surface area (Å²) in [6.07, 6.45) is 4.20. The number of carbonyl (C=O) groups is 2. The van der Waals surface area contributed by atoms with Crippen LogP contribution in [-0.4, -0.2) is 41.3 Å². The monoisotopic (exact) mass is 301 g/mol. The standard InChI is InChI=1S/C17H23N3O2/c1-12-4-2-6-15(19-12)17(22)20-9-3-5-14(11-20)16(21)18-10-13-7-8-13/h2,4,6,13-14H,3,5,7-11H2,1H3,(H,18,21). The molecule has 1 saturated heterocycles. The molecule has 0 radical (unpaired) electrons. The van der Waals surface area contributed by atoms with Crippen LogP contribution in [0.5, 0.6) is 0 Å². The highest BCUT2D eigenvalue weighted by molar-refractivity contribution is 5.93. The van der Waals surface area contributed by atoms with E-state index in [2.05, 4.69) is 10.3 Å². The van der Waals surface area contributed by atoms with Crippen molar-refractivity contribution in [2.75, 3.05) is 19.6 Å². The van der Waals surface area contributed by atoms with E-state index >= 15 is 0 Å². The lowest BCUT2D eigenvalue weighted by molar-refractivity contribution is -0.126. The average molecular weight is 301 g/mol. The van der Waals surface area contributed by atoms with Gasteiger partial charge < -0.3 is 10.2 Å². The third-order valence-corrected chi connectivity index (χ3v) is 4.45. The minimum atomic E-state index is -0.0822. The van der Waals surface area contributed by atoms with Crippen molar-refractivity contribution < 1.29 is 9.59 Å². The summed E-state index contributed by atoms with van der Waals surface area (Å²) in [5.41, 5.74) is 1.31. The number of rotatable bonds is 4. The minimum absolute atomic E-state index is 0.0663. The number of likely N-dealkylation sites (tertiary alicyclic amines) is 1. The number of nitrogens with one attached hydrogen (secondary N) is 1. The molecule has 2 amide bonds. The number of aromatic nitrogens is 1. The first kappa shape index (κ1) is 15.0. The number of aryl methyl sites for hydroxylation is 1. The fraction of sp³-hybridized carbons (Fsp3) is 0.588. The van der Waals surface area contributed by atoms with Gasteiger partial charge in [-0.2, -0.15) is 0 Å². The lowest BCUT2D eigenvalue weighted by Crippen LogP contribution is -2.46. The van der Waals surface area contributed by atoms with Crippen LogP contribution in [0.3, 0.4) is 0 Å². The highest BCUT2D eigenvalue weighted by Crippen LogP contribution is 2.28. The van der Waals surface area contributed by atoms with Gasteiger partial charge >= 0.3 is 0 Å². The Bertz CT molecular complexity index is 569. The molecule has 5 heteroatoms. The Morgan fingerprint density at radius 1 is 1.32 bits per heavy atom. The van der Waals surface area contributed by atoms with Gasteiger partial charge in [0.25, 0.3) is 5.91 Å². The smallest absolute Gasteiger partial charge is 0.272 e. The second kappa shape index (κ2) is 6.46. The molecule has 1 aromatic heterocycles. The van der Waals surface area contributed by atoms with Crippen molar-refractivity contribution in [3.63, 3.8) is 0 Å². The molecule has 118 valence electrons. The molecular weight excluding hydrogens is 278 g/mol. The Morgan fingerprint density at radius 2 is 2.14 bits per heavy atom. The number of amides is 2. The SMILES string of the molecule is Cc1cccc(C(=O)N2CCCC(C(=O)NCC3CC3)C2)n1. The number of pyridine rings is 1. The van der Waals surface area contributed by atoms with Crippen molar-refractivity contribution in [1.82, 2.24) is 15.2 Å². The second-order valence-electron chi connectivity index (χ2n) is 6.44. The zero-order chi connectivity index (χ0) is 15.5. The van der Waals surface area contributed by atoms with Crippen LogP contribution in [0.25, 0.3) is 0 Å². The first-order chi connectivity index (χ1) is 10.6. The highest BCUT2D eigenvalue weighted by Gasteiger charge is 2.30. The van der Waals surface area contributed by atoms with Crippen molar-refractivity contribution >= 4 is 11.8 Å². The van der Waals surface area contributed by atoms with E-state index in [1.807, 2.05) is 19.1 Å². The van der Waals surface area contributed by atoms with Gasteiger partial charge in [0.1, 0.15) is 5.69 Å². The Hall–Kier alpha value is -1.91. The van der Waals surface area contributed by atoms with Gasteiger partial charge in [0.05, 0.1) is 5.92 Å². The first-order valence-corrected chi connectivity index (χ1v) is 8.14. The fourth-order valence-electron chi connectivity index (χ4n) is 2.91. The van der Waals surface area contributed by atoms with E-state index in [0.717, 1.165) is 25.1 Å². The molecule has 1 N–H and O–H groups in total. The molecule has 1 aliphatic carbocycles. The van der Waals surface area contributed by atoms with Gasteiger partial charge in [-0.1, -0.05) is 6.07 Å². The van der Waals surface area contributed by atoms with Crippen LogP contribution < -0.4 is 5.32 Å². The third kappa shape index (κ3) is 3.64. The van der Waals surface area contributed by atoms with Gasteiger partial charge in [0.2, 0.25) is 5.91 Å². The lowest BCUT2D eigenvalue weighted by atomic mass is 9.96. The number of hydrogen-bond donors (Lipinski definition) is 1. The van der Waals surface area contributed by atoms with Crippen LogP contribution in [0.15, 0.2) is 18.2 Å². The molecule has 22 heavy (non-hydrogen) atoms. The summed E-state index contributed by atoms with van der Waals surface area (Å²) in [5, 5.41) is 3.03. The molecule has 1 aliphatic heterocycles. The predicted octanol–water partition coefficient (Wildman–Crippen LogP) is 1.77. The van der Waals surface area contributed by atoms with E-state index in [9.17, 15) is 9.59 Å². The van der Waals surface area contributed by atoms with Gasteiger partial charge in [0.15, 0.2) is 0 Å². The Morgan fingerprint density at radius 3 is 2.86 bits per heavy atom. The van der Waals surface area contributed by atoms with Gasteiger partial charge in [-0.15, -0.1) is 0 Å². The fourth-order valence-corrected chi connectivity index (χ4v) is 2.91. The zero-order valence-corrected chi connectivity index (χ0v) is 13.0. The maximum atomic E-state index is 12.5. The van der Waals surface area contributed by atoms with Crippen molar-refractivity contribution in [3.05, 3.63) is 29.6 Å². The third-order valence-electron chi connectivity index (χ3n) is 4.45. The molecular formula is C17H23N3O2. The minimum Gasteiger partial charge on any atom is -0.356 e. The lowest BCUT2D eigenvalue weighted by Gasteiger charge is -2.32. The van der Waals surface area contributed by atoms with E-state index in [4.69, 9.17) is 0 Å². The van der Waals surface area contributed by atoms with Gasteiger partial charge in [-0.3, -0.25) is 9.59 Å². The molecule has 1 unspecified atom stereocenters. The summed E-state index contributed by atoms with van der Waals surface area (Å²) in [5.74, 6) is 0.632. The van der Waals surface area contributed by atoms with Crippen LogP contribution >= 0.6 is 0 Å². The van der Waals surface area contributed by atoms with E-state index in [1.165, 1.54) is 12.8 Å². The van der Waals surface area contributed by atoms with Gasteiger partial charge in [-0.05, 0) is 50.7 Å². The Labute approximate surface area is 131 Å². The quantitative estimate of drug-likeness (QED) is 0.922. The molecule has 1 aromatic rings. The normalized spacial score (nSPS) is 21.5. The van der Waals surface area contributed by atoms with Gasteiger partial charge in [-0.25, -0.2) is 4.98 Å². The summed E-state index contributed by atoms with van der Waals surface area (Å²) >= 11 is 0. The Kier molecular flexibility index (Phi) is 4.41. The molecule has 2 heterocycles. The van der Waals surface area contributed by atoms with Crippen LogP contribution in [0.1, 0.15) is 41.9 Å². The van der Waals surface area contributed by atoms with E-state index in [-0.39, 0.29) is 17.7 Å². The summed E-state index contributed by atoms with van der Waals surface area (Å²) in [6, 6.07) is 5.46. The van der Waals surface area contributed by atoms with Crippen molar-refractivity contribution in [2.24, 2.45) is 11.8 Å². The van der Waals surface area contributed by atoms with Crippen LogP contribution in [0.4, 0.5) is 0 Å². The molecule has 0 bridgehead atoms. The molecule has 1 saturated carbocycles. The van der Waals surface area contributed by atoms with Crippen LogP contribution in [0.2, 0.25) is 0 Å². The van der Waals surface area contributed by atoms with Crippen LogP contribution in [0, 0.1) is 18.8 Å². The number of nitrogens with zero attached hydrogens (tertiary/aromatic N) is 2. The molecule has 0 aromatic carbocycles. The molecule has 0 spiro atoms. The predicted molar refractivity (Wildman–Crippen MR) is 83.3 cm³/mol. The van der Waals surface area contributed by atoms with Crippen molar-refractivity contribution in [3.8, 4) is 0 Å².